The topological polar surface area (TPSA) is 103 Å². The summed E-state index contributed by atoms with van der Waals surface area (Å²) < 4.78 is 38.5. The first-order chi connectivity index (χ1) is 14.6. The van der Waals surface area contributed by atoms with Gasteiger partial charge in [0.15, 0.2) is 0 Å². The Balaban J connectivity index is 1.62. The molecule has 0 saturated carbocycles. The van der Waals surface area contributed by atoms with Gasteiger partial charge < -0.3 is 25.0 Å². The number of hydrogen-bond acceptors (Lipinski definition) is 9. The quantitative estimate of drug-likeness (QED) is 0.792. The van der Waals surface area contributed by atoms with E-state index in [1.165, 1.54) is 6.20 Å². The van der Waals surface area contributed by atoms with Crippen molar-refractivity contribution in [2.24, 2.45) is 0 Å². The molecule has 30 heavy (non-hydrogen) atoms. The Morgan fingerprint density at radius 2 is 1.77 bits per heavy atom. The first-order valence-corrected chi connectivity index (χ1v) is 10.1. The summed E-state index contributed by atoms with van der Waals surface area (Å²) >= 11 is 0. The number of aromatic nitrogens is 4. The number of halogens is 2. The summed E-state index contributed by atoms with van der Waals surface area (Å²) in [6, 6.07) is 2.20. The van der Waals surface area contributed by atoms with Gasteiger partial charge in [-0.25, -0.2) is 23.7 Å². The maximum atomic E-state index is 13.7. The number of ether oxygens (including phenoxy) is 2. The summed E-state index contributed by atoms with van der Waals surface area (Å²) in [5.74, 6) is 1.02. The van der Waals surface area contributed by atoms with E-state index in [0.29, 0.717) is 57.0 Å². The Labute approximate surface area is 172 Å². The van der Waals surface area contributed by atoms with Gasteiger partial charge in [0.25, 0.3) is 6.43 Å². The second-order valence-electron chi connectivity index (χ2n) is 7.67. The summed E-state index contributed by atoms with van der Waals surface area (Å²) in [5.41, 5.74) is 5.65. The van der Waals surface area contributed by atoms with E-state index in [2.05, 4.69) is 19.9 Å². The summed E-state index contributed by atoms with van der Waals surface area (Å²) in [5, 5.41) is 0. The standard InChI is InChI=1S/C19H23F2N7O2/c20-17(21)16-13(8-23-18(22)26-16)14-7-15(28-11-1-2-12(28)10-30-9-11)25-19(24-14)27-3-5-29-6-4-27/h7-8,11-12,17H,1-6,9-10H2,(H2,22,23,26). The lowest BCUT2D eigenvalue weighted by atomic mass is 10.1. The molecule has 3 aliphatic heterocycles. The van der Waals surface area contributed by atoms with Crippen LogP contribution < -0.4 is 15.5 Å². The van der Waals surface area contributed by atoms with Crippen LogP contribution in [-0.4, -0.2) is 71.5 Å². The molecule has 5 rings (SSSR count). The number of rotatable bonds is 4. The van der Waals surface area contributed by atoms with Crippen molar-refractivity contribution in [2.45, 2.75) is 31.4 Å². The lowest BCUT2D eigenvalue weighted by molar-refractivity contribution is 0.0902. The van der Waals surface area contributed by atoms with Crippen LogP contribution in [0.2, 0.25) is 0 Å². The number of hydrogen-bond donors (Lipinski definition) is 1. The van der Waals surface area contributed by atoms with Gasteiger partial charge in [-0.2, -0.15) is 4.98 Å². The first-order valence-electron chi connectivity index (χ1n) is 10.1. The minimum atomic E-state index is -2.80. The summed E-state index contributed by atoms with van der Waals surface area (Å²) in [6.45, 7) is 3.68. The number of fused-ring (bicyclic) bond motifs is 2. The Bertz CT molecular complexity index is 910. The average Bonchev–Trinajstić information content (AvgIpc) is 3.02. The predicted octanol–water partition coefficient (Wildman–Crippen LogP) is 1.66. The number of morpholine rings is 2. The third-order valence-electron chi connectivity index (χ3n) is 5.82. The first kappa shape index (κ1) is 19.3. The van der Waals surface area contributed by atoms with E-state index in [1.54, 1.807) is 6.07 Å². The average molecular weight is 419 g/mol. The Morgan fingerprint density at radius 3 is 2.47 bits per heavy atom. The van der Waals surface area contributed by atoms with Crippen LogP contribution in [0.3, 0.4) is 0 Å². The highest BCUT2D eigenvalue weighted by molar-refractivity contribution is 5.68. The maximum Gasteiger partial charge on any atom is 0.281 e. The zero-order valence-corrected chi connectivity index (χ0v) is 16.4. The third kappa shape index (κ3) is 3.52. The van der Waals surface area contributed by atoms with Crippen molar-refractivity contribution in [1.82, 2.24) is 19.9 Å². The van der Waals surface area contributed by atoms with Gasteiger partial charge in [0.2, 0.25) is 11.9 Å². The van der Waals surface area contributed by atoms with E-state index >= 15 is 0 Å². The largest absolute Gasteiger partial charge is 0.378 e. The predicted molar refractivity (Wildman–Crippen MR) is 106 cm³/mol. The lowest BCUT2D eigenvalue weighted by Crippen LogP contribution is -2.46. The van der Waals surface area contributed by atoms with Crippen molar-refractivity contribution in [1.29, 1.82) is 0 Å². The van der Waals surface area contributed by atoms with Gasteiger partial charge in [-0.15, -0.1) is 0 Å². The number of nitrogen functional groups attached to an aromatic ring is 1. The van der Waals surface area contributed by atoms with Crippen LogP contribution in [0.4, 0.5) is 26.5 Å². The van der Waals surface area contributed by atoms with Gasteiger partial charge in [-0.05, 0) is 12.8 Å². The lowest BCUT2D eigenvalue weighted by Gasteiger charge is -2.36. The molecule has 5 heterocycles. The van der Waals surface area contributed by atoms with E-state index in [-0.39, 0.29) is 23.6 Å². The molecule has 3 saturated heterocycles. The highest BCUT2D eigenvalue weighted by Gasteiger charge is 2.39. The molecule has 9 nitrogen and oxygen atoms in total. The molecule has 0 radical (unpaired) electrons. The zero-order chi connectivity index (χ0) is 20.7. The Morgan fingerprint density at radius 1 is 1.03 bits per heavy atom. The van der Waals surface area contributed by atoms with Gasteiger partial charge in [0, 0.05) is 30.9 Å². The molecule has 0 spiro atoms. The van der Waals surface area contributed by atoms with Crippen LogP contribution in [0.15, 0.2) is 12.3 Å². The van der Waals surface area contributed by atoms with Crippen LogP contribution in [0, 0.1) is 0 Å². The Hall–Kier alpha value is -2.66. The molecule has 160 valence electrons. The van der Waals surface area contributed by atoms with Crippen LogP contribution in [0.1, 0.15) is 25.0 Å². The van der Waals surface area contributed by atoms with Gasteiger partial charge in [0.05, 0.1) is 44.2 Å². The molecule has 2 atom stereocenters. The van der Waals surface area contributed by atoms with Crippen LogP contribution in [-0.2, 0) is 9.47 Å². The highest BCUT2D eigenvalue weighted by Crippen LogP contribution is 2.37. The fourth-order valence-corrected chi connectivity index (χ4v) is 4.37. The van der Waals surface area contributed by atoms with Gasteiger partial charge in [-0.1, -0.05) is 0 Å². The van der Waals surface area contributed by atoms with Gasteiger partial charge >= 0.3 is 0 Å². The van der Waals surface area contributed by atoms with Crippen LogP contribution >= 0.6 is 0 Å². The second kappa shape index (κ2) is 7.88. The van der Waals surface area contributed by atoms with Crippen molar-refractivity contribution in [3.8, 4) is 11.3 Å². The molecule has 2 unspecified atom stereocenters. The maximum absolute atomic E-state index is 13.7. The molecular weight excluding hydrogens is 396 g/mol. The van der Waals surface area contributed by atoms with Gasteiger partial charge in [-0.3, -0.25) is 0 Å². The SMILES string of the molecule is Nc1ncc(-c2cc(N3C4CCC3COC4)nc(N3CCOCC3)n2)c(C(F)F)n1. The molecular formula is C19H23F2N7O2. The minimum absolute atomic E-state index is 0.165. The zero-order valence-electron chi connectivity index (χ0n) is 16.4. The second-order valence-corrected chi connectivity index (χ2v) is 7.67. The highest BCUT2D eigenvalue weighted by atomic mass is 19.3. The third-order valence-corrected chi connectivity index (χ3v) is 5.82. The van der Waals surface area contributed by atoms with Crippen molar-refractivity contribution in [2.75, 3.05) is 55.1 Å². The van der Waals surface area contributed by atoms with E-state index in [9.17, 15) is 8.78 Å². The van der Waals surface area contributed by atoms with Crippen LogP contribution in [0.25, 0.3) is 11.3 Å². The van der Waals surface area contributed by atoms with E-state index in [4.69, 9.17) is 20.2 Å². The molecule has 2 N–H and O–H groups in total. The fraction of sp³-hybridized carbons (Fsp3) is 0.579. The molecule has 2 aromatic heterocycles. The van der Waals surface area contributed by atoms with Gasteiger partial charge in [0.1, 0.15) is 11.5 Å². The number of nitrogens with two attached hydrogens (primary N) is 1. The molecule has 11 heteroatoms. The molecule has 3 aliphatic rings. The molecule has 0 aliphatic carbocycles. The van der Waals surface area contributed by atoms with Crippen molar-refractivity contribution < 1.29 is 18.3 Å². The smallest absolute Gasteiger partial charge is 0.281 e. The van der Waals surface area contributed by atoms with Crippen molar-refractivity contribution in [3.05, 3.63) is 18.0 Å². The summed E-state index contributed by atoms with van der Waals surface area (Å²) in [4.78, 5) is 21.4. The fourth-order valence-electron chi connectivity index (χ4n) is 4.37. The summed E-state index contributed by atoms with van der Waals surface area (Å²) in [6.07, 6.45) is 0.552. The molecule has 0 amide bonds. The monoisotopic (exact) mass is 419 g/mol. The normalized spacial score (nSPS) is 24.0. The van der Waals surface area contributed by atoms with Crippen molar-refractivity contribution >= 4 is 17.7 Å². The van der Waals surface area contributed by atoms with Crippen LogP contribution in [0.5, 0.6) is 0 Å². The number of anilines is 3. The molecule has 3 fully saturated rings. The van der Waals surface area contributed by atoms with E-state index in [0.717, 1.165) is 12.8 Å². The minimum Gasteiger partial charge on any atom is -0.378 e. The van der Waals surface area contributed by atoms with E-state index < -0.39 is 12.1 Å². The Kier molecular flexibility index (Phi) is 5.07. The van der Waals surface area contributed by atoms with E-state index in [1.807, 2.05) is 4.90 Å². The number of alkyl halides is 2. The molecule has 0 aromatic carbocycles. The molecule has 2 aromatic rings. The summed E-state index contributed by atoms with van der Waals surface area (Å²) in [7, 11) is 0. The molecule has 2 bridgehead atoms. The number of nitrogens with zero attached hydrogens (tertiary/aromatic N) is 6. The van der Waals surface area contributed by atoms with Crippen molar-refractivity contribution in [3.63, 3.8) is 0 Å².